The molecule has 11 heteroatoms. The first-order valence-corrected chi connectivity index (χ1v) is 16.1. The smallest absolute Gasteiger partial charge is 0.331 e. The van der Waals surface area contributed by atoms with Gasteiger partial charge in [0.25, 0.3) is 5.56 Å². The number of rotatable bonds is 4. The third-order valence-electron chi connectivity index (χ3n) is 8.56. The molecule has 4 aromatic carbocycles. The van der Waals surface area contributed by atoms with Gasteiger partial charge in [-0.3, -0.25) is 9.59 Å². The summed E-state index contributed by atoms with van der Waals surface area (Å²) in [5.74, 6) is 0.0667. The van der Waals surface area contributed by atoms with Crippen LogP contribution in [0, 0.1) is 6.92 Å². The van der Waals surface area contributed by atoms with E-state index in [0.29, 0.717) is 15.9 Å². The molecule has 1 aliphatic heterocycles. The van der Waals surface area contributed by atoms with Crippen molar-refractivity contribution in [2.45, 2.75) is 12.3 Å². The van der Waals surface area contributed by atoms with Gasteiger partial charge in [0, 0.05) is 43.2 Å². The van der Waals surface area contributed by atoms with Crippen LogP contribution in [0.25, 0.3) is 60.9 Å². The Hall–Kier alpha value is -5.32. The number of fused-ring (bicyclic) bond motifs is 6. The molecule has 5 heterocycles. The molecule has 1 fully saturated rings. The Morgan fingerprint density at radius 1 is 0.826 bits per heavy atom. The molecular weight excluding hydrogens is 620 g/mol. The van der Waals surface area contributed by atoms with Crippen LogP contribution >= 0.6 is 23.4 Å². The lowest BCUT2D eigenvalue weighted by molar-refractivity contribution is -0.116. The fraction of sp³-hybridized carbons (Fsp3) is 0.0857. The number of carbonyl (C=O) groups is 1. The van der Waals surface area contributed by atoms with Crippen LogP contribution in [-0.2, 0) is 4.79 Å². The van der Waals surface area contributed by atoms with Gasteiger partial charge in [-0.05, 0) is 48.9 Å². The second kappa shape index (κ2) is 10.1. The van der Waals surface area contributed by atoms with E-state index in [1.807, 2.05) is 61.5 Å². The minimum Gasteiger partial charge on any atom is -0.388 e. The third kappa shape index (κ3) is 3.97. The fourth-order valence-electron chi connectivity index (χ4n) is 6.53. The summed E-state index contributed by atoms with van der Waals surface area (Å²) in [5.41, 5.74) is 6.72. The minimum absolute atomic E-state index is 0.0158. The molecule has 0 saturated carbocycles. The van der Waals surface area contributed by atoms with Crippen LogP contribution in [0.15, 0.2) is 100 Å². The maximum Gasteiger partial charge on any atom is 0.331 e. The SMILES string of the molecule is Cc1ccc2[nH]c(-c3ccccc3)c(C3SCC(=O)N3c3nnc(-n4c(=O)c5ccccc5c5[nH]c6ccc(Cl)cc6c54)o3)c2c1. The van der Waals surface area contributed by atoms with E-state index in [1.165, 1.54) is 16.3 Å². The topological polar surface area (TPSA) is 113 Å². The van der Waals surface area contributed by atoms with Crippen molar-refractivity contribution in [3.05, 3.63) is 117 Å². The number of pyridine rings is 1. The number of aryl methyl sites for hydroxylation is 1. The van der Waals surface area contributed by atoms with Gasteiger partial charge >= 0.3 is 12.0 Å². The summed E-state index contributed by atoms with van der Waals surface area (Å²) in [7, 11) is 0. The molecule has 0 spiro atoms. The molecule has 0 radical (unpaired) electrons. The first-order chi connectivity index (χ1) is 22.5. The zero-order valence-corrected chi connectivity index (χ0v) is 25.8. The highest BCUT2D eigenvalue weighted by atomic mass is 35.5. The molecule has 0 aliphatic carbocycles. The van der Waals surface area contributed by atoms with Crippen molar-refractivity contribution in [3.63, 3.8) is 0 Å². The average molecular weight is 643 g/mol. The fourth-order valence-corrected chi connectivity index (χ4v) is 7.90. The van der Waals surface area contributed by atoms with E-state index in [4.69, 9.17) is 16.0 Å². The van der Waals surface area contributed by atoms with Gasteiger partial charge in [-0.2, -0.15) is 0 Å². The highest BCUT2D eigenvalue weighted by Gasteiger charge is 2.40. The summed E-state index contributed by atoms with van der Waals surface area (Å²) in [5, 5.41) is 11.8. The number of anilines is 1. The quantitative estimate of drug-likeness (QED) is 0.202. The number of carbonyl (C=O) groups excluding carboxylic acids is 1. The zero-order chi connectivity index (χ0) is 31.1. The Morgan fingerprint density at radius 2 is 1.57 bits per heavy atom. The molecule has 2 N–H and O–H groups in total. The monoisotopic (exact) mass is 642 g/mol. The van der Waals surface area contributed by atoms with E-state index in [9.17, 15) is 9.59 Å². The number of halogens is 1. The largest absolute Gasteiger partial charge is 0.388 e. The molecule has 1 aliphatic rings. The van der Waals surface area contributed by atoms with E-state index in [0.717, 1.165) is 55.1 Å². The first kappa shape index (κ1) is 27.0. The predicted molar refractivity (Wildman–Crippen MR) is 183 cm³/mol. The van der Waals surface area contributed by atoms with E-state index in [1.54, 1.807) is 23.1 Å². The first-order valence-electron chi connectivity index (χ1n) is 14.7. The number of hydrogen-bond acceptors (Lipinski definition) is 6. The Balaban J connectivity index is 1.25. The van der Waals surface area contributed by atoms with Gasteiger partial charge in [0.2, 0.25) is 5.91 Å². The van der Waals surface area contributed by atoms with Gasteiger partial charge in [0.05, 0.1) is 22.5 Å². The maximum absolute atomic E-state index is 14.1. The van der Waals surface area contributed by atoms with Gasteiger partial charge in [0.1, 0.15) is 5.37 Å². The number of amides is 1. The molecule has 1 atom stereocenters. The van der Waals surface area contributed by atoms with Gasteiger partial charge in [0.15, 0.2) is 0 Å². The highest BCUT2D eigenvalue weighted by molar-refractivity contribution is 8.00. The molecule has 4 aromatic heterocycles. The van der Waals surface area contributed by atoms with Crippen molar-refractivity contribution in [1.82, 2.24) is 24.7 Å². The number of H-pyrrole nitrogens is 2. The molecule has 1 unspecified atom stereocenters. The summed E-state index contributed by atoms with van der Waals surface area (Å²) in [6.45, 7) is 2.05. The number of nitrogens with one attached hydrogen (secondary N) is 2. The van der Waals surface area contributed by atoms with Crippen molar-refractivity contribution in [2.75, 3.05) is 10.7 Å². The van der Waals surface area contributed by atoms with Crippen molar-refractivity contribution >= 4 is 78.9 Å². The maximum atomic E-state index is 14.1. The second-order valence-corrected chi connectivity index (χ2v) is 12.9. The van der Waals surface area contributed by atoms with Crippen LogP contribution in [-0.4, -0.2) is 36.4 Å². The Labute approximate surface area is 269 Å². The van der Waals surface area contributed by atoms with Crippen LogP contribution in [0.3, 0.4) is 0 Å². The molecule has 9 rings (SSSR count). The van der Waals surface area contributed by atoms with Crippen LogP contribution in [0.1, 0.15) is 16.5 Å². The van der Waals surface area contributed by atoms with E-state index in [2.05, 4.69) is 38.4 Å². The molecular formula is C35H23ClN6O3S. The average Bonchev–Trinajstić information content (AvgIpc) is 3.86. The lowest BCUT2D eigenvalue weighted by atomic mass is 10.0. The molecule has 46 heavy (non-hydrogen) atoms. The van der Waals surface area contributed by atoms with Gasteiger partial charge < -0.3 is 14.4 Å². The van der Waals surface area contributed by atoms with Crippen LogP contribution in [0.2, 0.25) is 5.02 Å². The summed E-state index contributed by atoms with van der Waals surface area (Å²) < 4.78 is 7.71. The number of hydrogen-bond donors (Lipinski definition) is 2. The lowest BCUT2D eigenvalue weighted by Crippen LogP contribution is -2.28. The predicted octanol–water partition coefficient (Wildman–Crippen LogP) is 7.90. The summed E-state index contributed by atoms with van der Waals surface area (Å²) in [4.78, 5) is 36.3. The number of benzene rings is 4. The zero-order valence-electron chi connectivity index (χ0n) is 24.2. The molecule has 1 amide bonds. The summed E-state index contributed by atoms with van der Waals surface area (Å²) >= 11 is 7.91. The van der Waals surface area contributed by atoms with Crippen LogP contribution < -0.4 is 10.5 Å². The number of aromatic amines is 2. The summed E-state index contributed by atoms with van der Waals surface area (Å²) in [6.07, 6.45) is 0. The Kier molecular flexibility index (Phi) is 5.93. The molecule has 1 saturated heterocycles. The van der Waals surface area contributed by atoms with Gasteiger partial charge in [-0.15, -0.1) is 11.8 Å². The van der Waals surface area contributed by atoms with E-state index >= 15 is 0 Å². The molecule has 9 nitrogen and oxygen atoms in total. The number of aromatic nitrogens is 5. The standard InChI is InChI=1S/C35H23ClN6O3S/c1-18-11-13-25-23(15-18)28(29(37-25)19-7-3-2-4-8-19)33-41(27(43)17-46-33)34-39-40-35(45-34)42-31-24-16-20(36)12-14-26(24)38-30(31)21-9-5-6-10-22(21)32(42)44/h2-16,33,37-38H,17H2,1H3. The summed E-state index contributed by atoms with van der Waals surface area (Å²) in [6, 6.07) is 29.1. The lowest BCUT2D eigenvalue weighted by Gasteiger charge is -2.21. The normalized spacial score (nSPS) is 15.3. The Morgan fingerprint density at radius 3 is 2.41 bits per heavy atom. The minimum atomic E-state index is -0.452. The van der Waals surface area contributed by atoms with Crippen molar-refractivity contribution in [1.29, 1.82) is 0 Å². The number of thioether (sulfide) groups is 1. The second-order valence-electron chi connectivity index (χ2n) is 11.3. The molecule has 8 aromatic rings. The van der Waals surface area contributed by atoms with E-state index in [-0.39, 0.29) is 29.2 Å². The highest BCUT2D eigenvalue weighted by Crippen LogP contribution is 2.48. The van der Waals surface area contributed by atoms with Crippen molar-refractivity contribution in [3.8, 4) is 17.3 Å². The van der Waals surface area contributed by atoms with Gasteiger partial charge in [-0.1, -0.05) is 82.0 Å². The molecule has 224 valence electrons. The van der Waals surface area contributed by atoms with Gasteiger partial charge in [-0.25, -0.2) is 9.47 Å². The van der Waals surface area contributed by atoms with Crippen LogP contribution in [0.5, 0.6) is 0 Å². The Bertz CT molecular complexity index is 2590. The van der Waals surface area contributed by atoms with E-state index < -0.39 is 5.37 Å². The van der Waals surface area contributed by atoms with Crippen molar-refractivity contribution in [2.24, 2.45) is 0 Å². The number of nitrogens with zero attached hydrogens (tertiary/aromatic N) is 4. The van der Waals surface area contributed by atoms with Crippen molar-refractivity contribution < 1.29 is 9.21 Å². The van der Waals surface area contributed by atoms with Crippen LogP contribution in [0.4, 0.5) is 6.01 Å². The molecule has 0 bridgehead atoms. The third-order valence-corrected chi connectivity index (χ3v) is 9.97.